The fourth-order valence-electron chi connectivity index (χ4n) is 2.94. The predicted octanol–water partition coefficient (Wildman–Crippen LogP) is 2.81. The van der Waals surface area contributed by atoms with Gasteiger partial charge in [0.2, 0.25) is 0 Å². The number of benzene rings is 1. The van der Waals surface area contributed by atoms with Crippen molar-refractivity contribution in [1.82, 2.24) is 5.48 Å². The van der Waals surface area contributed by atoms with Crippen LogP contribution in [-0.2, 0) is 23.8 Å². The summed E-state index contributed by atoms with van der Waals surface area (Å²) in [4.78, 5) is 17.4. The second-order valence-electron chi connectivity index (χ2n) is 7.72. The summed E-state index contributed by atoms with van der Waals surface area (Å²) in [6.07, 6.45) is 5.57. The zero-order valence-corrected chi connectivity index (χ0v) is 17.3. The van der Waals surface area contributed by atoms with Crippen molar-refractivity contribution in [2.24, 2.45) is 0 Å². The van der Waals surface area contributed by atoms with E-state index in [4.69, 9.17) is 23.8 Å². The van der Waals surface area contributed by atoms with E-state index >= 15 is 0 Å². The van der Waals surface area contributed by atoms with E-state index in [1.807, 2.05) is 19.1 Å². The van der Waals surface area contributed by atoms with Crippen LogP contribution in [0.1, 0.15) is 48.0 Å². The molecule has 2 heterocycles. The highest BCUT2D eigenvalue weighted by Gasteiger charge is 2.24. The maximum Gasteiger partial charge on any atom is 0.274 e. The van der Waals surface area contributed by atoms with Gasteiger partial charge in [0, 0.05) is 12.2 Å². The minimum Gasteiger partial charge on any atom is -0.379 e. The average molecular weight is 408 g/mol. The Hall–Kier alpha value is -1.51. The molecule has 1 N–H and O–H groups in total. The van der Waals surface area contributed by atoms with Gasteiger partial charge in [-0.3, -0.25) is 9.63 Å². The number of hydrogen-bond donors (Lipinski definition) is 1. The third-order valence-corrected chi connectivity index (χ3v) is 4.94. The van der Waals surface area contributed by atoms with E-state index < -0.39 is 0 Å². The van der Waals surface area contributed by atoms with Crippen LogP contribution in [-0.4, -0.2) is 63.9 Å². The second kappa shape index (κ2) is 12.2. The molecule has 0 radical (unpaired) electrons. The number of carbonyl (C=O) groups excluding carboxylic acids is 1. The Bertz CT molecular complexity index is 600. The zero-order chi connectivity index (χ0) is 20.3. The molecule has 0 spiro atoms. The molecule has 2 aliphatic rings. The van der Waals surface area contributed by atoms with E-state index in [1.165, 1.54) is 0 Å². The molecule has 3 atom stereocenters. The summed E-state index contributed by atoms with van der Waals surface area (Å²) in [5, 5.41) is 0. The van der Waals surface area contributed by atoms with E-state index in [0.717, 1.165) is 57.5 Å². The monoisotopic (exact) mass is 407 g/mol. The fourth-order valence-corrected chi connectivity index (χ4v) is 2.94. The van der Waals surface area contributed by atoms with Crippen LogP contribution in [0.2, 0.25) is 0 Å². The molecule has 0 saturated carbocycles. The number of aryl methyl sites for hydroxylation is 1. The van der Waals surface area contributed by atoms with Crippen molar-refractivity contribution in [3.63, 3.8) is 0 Å². The first-order chi connectivity index (χ1) is 14.2. The number of epoxide rings is 2. The van der Waals surface area contributed by atoms with Gasteiger partial charge >= 0.3 is 0 Å². The summed E-state index contributed by atoms with van der Waals surface area (Å²) in [5.41, 5.74) is 4.22. The largest absolute Gasteiger partial charge is 0.379 e. The van der Waals surface area contributed by atoms with Crippen LogP contribution >= 0.6 is 0 Å². The summed E-state index contributed by atoms with van der Waals surface area (Å²) >= 11 is 0. The van der Waals surface area contributed by atoms with E-state index in [0.29, 0.717) is 31.5 Å². The molecule has 7 heteroatoms. The van der Waals surface area contributed by atoms with Crippen LogP contribution < -0.4 is 5.48 Å². The van der Waals surface area contributed by atoms with Gasteiger partial charge < -0.3 is 18.9 Å². The molecule has 0 bridgehead atoms. The molecule has 7 nitrogen and oxygen atoms in total. The number of hydrogen-bond acceptors (Lipinski definition) is 6. The van der Waals surface area contributed by atoms with Crippen LogP contribution in [0, 0.1) is 6.92 Å². The van der Waals surface area contributed by atoms with Crippen molar-refractivity contribution in [2.45, 2.75) is 57.3 Å². The number of unbranched alkanes of at least 4 members (excludes halogenated alkanes) is 1. The Morgan fingerprint density at radius 2 is 1.72 bits per heavy atom. The molecule has 1 amide bonds. The van der Waals surface area contributed by atoms with Gasteiger partial charge in [-0.15, -0.1) is 0 Å². The summed E-state index contributed by atoms with van der Waals surface area (Å²) in [7, 11) is 0. The molecule has 1 aromatic rings. The molecule has 1 aromatic carbocycles. The Morgan fingerprint density at radius 3 is 2.45 bits per heavy atom. The number of carbonyl (C=O) groups is 1. The van der Waals surface area contributed by atoms with Crippen molar-refractivity contribution >= 4 is 5.91 Å². The van der Waals surface area contributed by atoms with Crippen LogP contribution in [0.25, 0.3) is 0 Å². The number of nitrogens with one attached hydrogen (secondary N) is 1. The fraction of sp³-hybridized carbons (Fsp3) is 0.682. The maximum absolute atomic E-state index is 12.0. The lowest BCUT2D eigenvalue weighted by Gasteiger charge is -2.17. The van der Waals surface area contributed by atoms with Gasteiger partial charge in [-0.05, 0) is 51.2 Å². The van der Waals surface area contributed by atoms with Crippen molar-refractivity contribution < 1.29 is 28.6 Å². The smallest absolute Gasteiger partial charge is 0.274 e. The van der Waals surface area contributed by atoms with Crippen molar-refractivity contribution in [2.75, 3.05) is 39.6 Å². The number of amides is 1. The number of rotatable bonds is 16. The SMILES string of the molecule is Cc1ccc(C(=O)NOCCCC(CCCCOCC2CO2)OCC2CO2)cc1. The normalized spacial score (nSPS) is 21.0. The van der Waals surface area contributed by atoms with Gasteiger partial charge in [-0.1, -0.05) is 17.7 Å². The van der Waals surface area contributed by atoms with Crippen LogP contribution in [0.15, 0.2) is 24.3 Å². The topological polar surface area (TPSA) is 81.9 Å². The molecular weight excluding hydrogens is 374 g/mol. The van der Waals surface area contributed by atoms with E-state index in [-0.39, 0.29) is 18.1 Å². The van der Waals surface area contributed by atoms with E-state index in [1.54, 1.807) is 12.1 Å². The third kappa shape index (κ3) is 9.69. The third-order valence-electron chi connectivity index (χ3n) is 4.94. The Labute approximate surface area is 172 Å². The van der Waals surface area contributed by atoms with Gasteiger partial charge in [0.25, 0.3) is 5.91 Å². The first kappa shape index (κ1) is 22.2. The minimum absolute atomic E-state index is 0.183. The molecule has 2 aliphatic heterocycles. The van der Waals surface area contributed by atoms with Crippen LogP contribution in [0.5, 0.6) is 0 Å². The highest BCUT2D eigenvalue weighted by molar-refractivity contribution is 5.93. The van der Waals surface area contributed by atoms with Crippen molar-refractivity contribution in [3.8, 4) is 0 Å². The zero-order valence-electron chi connectivity index (χ0n) is 17.3. The van der Waals surface area contributed by atoms with Gasteiger partial charge in [0.05, 0.1) is 39.1 Å². The lowest BCUT2D eigenvalue weighted by Crippen LogP contribution is -2.25. The van der Waals surface area contributed by atoms with E-state index in [2.05, 4.69) is 5.48 Å². The highest BCUT2D eigenvalue weighted by Crippen LogP contribution is 2.16. The Kier molecular flexibility index (Phi) is 9.37. The molecule has 3 rings (SSSR count). The lowest BCUT2D eigenvalue weighted by atomic mass is 10.1. The molecule has 29 heavy (non-hydrogen) atoms. The molecule has 162 valence electrons. The van der Waals surface area contributed by atoms with Crippen LogP contribution in [0.3, 0.4) is 0 Å². The molecule has 0 aromatic heterocycles. The van der Waals surface area contributed by atoms with E-state index in [9.17, 15) is 4.79 Å². The quantitative estimate of drug-likeness (QED) is 0.258. The van der Waals surface area contributed by atoms with Crippen molar-refractivity contribution in [1.29, 1.82) is 0 Å². The summed E-state index contributed by atoms with van der Waals surface area (Å²) in [6, 6.07) is 7.40. The van der Waals surface area contributed by atoms with Gasteiger partial charge in [-0.2, -0.15) is 0 Å². The molecule has 2 fully saturated rings. The van der Waals surface area contributed by atoms with Gasteiger partial charge in [-0.25, -0.2) is 5.48 Å². The van der Waals surface area contributed by atoms with Gasteiger partial charge in [0.15, 0.2) is 0 Å². The first-order valence-electron chi connectivity index (χ1n) is 10.6. The number of hydroxylamine groups is 1. The highest BCUT2D eigenvalue weighted by atomic mass is 16.7. The summed E-state index contributed by atoms with van der Waals surface area (Å²) in [6.45, 7) is 6.23. The predicted molar refractivity (Wildman–Crippen MR) is 108 cm³/mol. The standard InChI is InChI=1S/C22H33NO6/c1-17-7-9-18(10-8-17)22(24)23-29-12-4-6-19(26-15-21-16-28-21)5-2-3-11-25-13-20-14-27-20/h7-10,19-21H,2-6,11-16H2,1H3,(H,23,24). The summed E-state index contributed by atoms with van der Waals surface area (Å²) in [5.74, 6) is -0.222. The summed E-state index contributed by atoms with van der Waals surface area (Å²) < 4.78 is 21.9. The molecule has 3 unspecified atom stereocenters. The lowest BCUT2D eigenvalue weighted by molar-refractivity contribution is 0.00751. The van der Waals surface area contributed by atoms with Gasteiger partial charge in [0.1, 0.15) is 12.2 Å². The van der Waals surface area contributed by atoms with Crippen molar-refractivity contribution in [3.05, 3.63) is 35.4 Å². The molecular formula is C22H33NO6. The maximum atomic E-state index is 12.0. The Morgan fingerprint density at radius 1 is 1.03 bits per heavy atom. The molecule has 2 saturated heterocycles. The Balaban J connectivity index is 1.24. The second-order valence-corrected chi connectivity index (χ2v) is 7.72. The number of ether oxygens (including phenoxy) is 4. The van der Waals surface area contributed by atoms with Crippen LogP contribution in [0.4, 0.5) is 0 Å². The molecule has 0 aliphatic carbocycles. The average Bonchev–Trinajstić information content (AvgIpc) is 3.63. The minimum atomic E-state index is -0.222. The first-order valence-corrected chi connectivity index (χ1v) is 10.6.